The molecular formula is C16H25N. The van der Waals surface area contributed by atoms with E-state index in [1.165, 1.54) is 49.7 Å². The molecule has 1 saturated carbocycles. The van der Waals surface area contributed by atoms with Crippen LogP contribution in [-0.2, 0) is 0 Å². The monoisotopic (exact) mass is 231 g/mol. The molecule has 1 heteroatoms. The minimum absolute atomic E-state index is 0.950. The molecule has 0 aromatic rings. The van der Waals surface area contributed by atoms with Gasteiger partial charge in [-0.05, 0) is 37.6 Å². The molecule has 0 aromatic carbocycles. The summed E-state index contributed by atoms with van der Waals surface area (Å²) >= 11 is 0. The van der Waals surface area contributed by atoms with Gasteiger partial charge in [-0.25, -0.2) is 0 Å². The van der Waals surface area contributed by atoms with Gasteiger partial charge in [0.1, 0.15) is 0 Å². The van der Waals surface area contributed by atoms with E-state index in [2.05, 4.69) is 43.3 Å². The van der Waals surface area contributed by atoms with E-state index in [0.717, 1.165) is 12.5 Å². The Labute approximate surface area is 106 Å². The van der Waals surface area contributed by atoms with Crippen molar-refractivity contribution in [1.29, 1.82) is 0 Å². The number of rotatable bonds is 4. The fraction of sp³-hybridized carbons (Fsp3) is 0.625. The van der Waals surface area contributed by atoms with Gasteiger partial charge in [0.05, 0.1) is 0 Å². The van der Waals surface area contributed by atoms with Crippen LogP contribution in [0.4, 0.5) is 0 Å². The topological polar surface area (TPSA) is 3.24 Å². The van der Waals surface area contributed by atoms with E-state index in [4.69, 9.17) is 0 Å². The summed E-state index contributed by atoms with van der Waals surface area (Å²) in [5.41, 5.74) is 2.94. The summed E-state index contributed by atoms with van der Waals surface area (Å²) in [4.78, 5) is 2.24. The van der Waals surface area contributed by atoms with Crippen LogP contribution in [0.2, 0.25) is 0 Å². The maximum Gasteiger partial charge on any atom is 0.0233 e. The highest BCUT2D eigenvalue weighted by Gasteiger charge is 2.13. The molecule has 0 saturated heterocycles. The normalized spacial score (nSPS) is 23.7. The molecule has 0 spiro atoms. The molecule has 0 amide bonds. The van der Waals surface area contributed by atoms with Crippen LogP contribution < -0.4 is 0 Å². The second-order valence-electron chi connectivity index (χ2n) is 5.69. The van der Waals surface area contributed by atoms with E-state index in [-0.39, 0.29) is 0 Å². The Morgan fingerprint density at radius 2 is 2.00 bits per heavy atom. The molecule has 0 heterocycles. The molecule has 1 nitrogen and oxygen atoms in total. The number of hydrogen-bond donors (Lipinski definition) is 0. The third kappa shape index (κ3) is 3.85. The molecule has 0 atom stereocenters. The number of allylic oxidation sites excluding steroid dienone is 4. The molecule has 0 aliphatic heterocycles. The maximum atomic E-state index is 2.47. The lowest BCUT2D eigenvalue weighted by molar-refractivity contribution is 0.361. The van der Waals surface area contributed by atoms with E-state index in [1.807, 2.05) is 0 Å². The zero-order valence-electron chi connectivity index (χ0n) is 11.3. The minimum atomic E-state index is 0.950. The van der Waals surface area contributed by atoms with Gasteiger partial charge in [-0.15, -0.1) is 0 Å². The minimum Gasteiger partial charge on any atom is -0.305 e. The number of likely N-dealkylation sites (N-methyl/N-ethyl adjacent to an activating group) is 1. The summed E-state index contributed by atoms with van der Waals surface area (Å²) < 4.78 is 0. The third-order valence-electron chi connectivity index (χ3n) is 3.83. The van der Waals surface area contributed by atoms with E-state index >= 15 is 0 Å². The molecule has 94 valence electrons. The van der Waals surface area contributed by atoms with Gasteiger partial charge < -0.3 is 4.90 Å². The van der Waals surface area contributed by atoms with Gasteiger partial charge in [0, 0.05) is 6.54 Å². The van der Waals surface area contributed by atoms with Crippen molar-refractivity contribution < 1.29 is 0 Å². The first-order valence-corrected chi connectivity index (χ1v) is 6.98. The van der Waals surface area contributed by atoms with E-state index in [9.17, 15) is 0 Å². The second kappa shape index (κ2) is 6.20. The van der Waals surface area contributed by atoms with Crippen LogP contribution >= 0.6 is 0 Å². The molecule has 0 aromatic heterocycles. The van der Waals surface area contributed by atoms with Crippen molar-refractivity contribution >= 4 is 0 Å². The van der Waals surface area contributed by atoms with Crippen molar-refractivity contribution in [2.24, 2.45) is 5.92 Å². The van der Waals surface area contributed by atoms with Crippen molar-refractivity contribution in [3.05, 3.63) is 35.5 Å². The van der Waals surface area contributed by atoms with Gasteiger partial charge in [0.2, 0.25) is 0 Å². The Kier molecular flexibility index (Phi) is 4.61. The molecule has 0 bridgehead atoms. The largest absolute Gasteiger partial charge is 0.305 e. The van der Waals surface area contributed by atoms with Crippen molar-refractivity contribution in [1.82, 2.24) is 4.90 Å². The Hall–Kier alpha value is -0.820. The molecule has 2 aliphatic carbocycles. The molecule has 0 unspecified atom stereocenters. The Morgan fingerprint density at radius 3 is 2.71 bits per heavy atom. The van der Waals surface area contributed by atoms with Crippen LogP contribution in [-0.4, -0.2) is 25.5 Å². The lowest BCUT2D eigenvalue weighted by Gasteiger charge is -2.20. The lowest BCUT2D eigenvalue weighted by Crippen LogP contribution is -2.15. The standard InChI is InChI=1S/C16H25N/c1-17(2)13-16-10-6-9-15(16)12-11-14-7-4-3-5-8-14/h6,9-10,12,14H,3-5,7-8,11,13H2,1-2H3/b15-12-. The van der Waals surface area contributed by atoms with Crippen molar-refractivity contribution in [3.8, 4) is 0 Å². The SMILES string of the molecule is CN(C)CC1=CC=C/C1=C/CC1CCCCC1. The fourth-order valence-electron chi connectivity index (χ4n) is 2.87. The van der Waals surface area contributed by atoms with Crippen LogP contribution in [0.1, 0.15) is 38.5 Å². The van der Waals surface area contributed by atoms with Crippen LogP contribution in [0, 0.1) is 5.92 Å². The smallest absolute Gasteiger partial charge is 0.0233 e. The second-order valence-corrected chi connectivity index (χ2v) is 5.69. The van der Waals surface area contributed by atoms with E-state index in [0.29, 0.717) is 0 Å². The zero-order chi connectivity index (χ0) is 12.1. The molecular weight excluding hydrogens is 206 g/mol. The summed E-state index contributed by atoms with van der Waals surface area (Å²) in [6, 6.07) is 0. The first kappa shape index (κ1) is 12.6. The van der Waals surface area contributed by atoms with Gasteiger partial charge in [0.15, 0.2) is 0 Å². The molecule has 1 fully saturated rings. The Balaban J connectivity index is 1.87. The summed E-state index contributed by atoms with van der Waals surface area (Å²) in [5.74, 6) is 0.950. The first-order valence-electron chi connectivity index (χ1n) is 6.98. The molecule has 2 aliphatic rings. The average Bonchev–Trinajstić information content (AvgIpc) is 2.74. The Morgan fingerprint density at radius 1 is 1.24 bits per heavy atom. The zero-order valence-corrected chi connectivity index (χ0v) is 11.3. The van der Waals surface area contributed by atoms with Crippen molar-refractivity contribution in [2.75, 3.05) is 20.6 Å². The highest BCUT2D eigenvalue weighted by molar-refractivity contribution is 5.48. The molecule has 0 radical (unpaired) electrons. The van der Waals surface area contributed by atoms with Gasteiger partial charge >= 0.3 is 0 Å². The predicted molar refractivity (Wildman–Crippen MR) is 75.1 cm³/mol. The number of nitrogens with zero attached hydrogens (tertiary/aromatic N) is 1. The van der Waals surface area contributed by atoms with Crippen molar-refractivity contribution in [3.63, 3.8) is 0 Å². The fourth-order valence-corrected chi connectivity index (χ4v) is 2.87. The van der Waals surface area contributed by atoms with Crippen molar-refractivity contribution in [2.45, 2.75) is 38.5 Å². The molecule has 0 N–H and O–H groups in total. The third-order valence-corrected chi connectivity index (χ3v) is 3.83. The predicted octanol–water partition coefficient (Wildman–Crippen LogP) is 3.94. The van der Waals surface area contributed by atoms with Crippen LogP contribution in [0.15, 0.2) is 35.5 Å². The van der Waals surface area contributed by atoms with Gasteiger partial charge in [0.25, 0.3) is 0 Å². The average molecular weight is 231 g/mol. The van der Waals surface area contributed by atoms with Gasteiger partial charge in [-0.2, -0.15) is 0 Å². The number of hydrogen-bond acceptors (Lipinski definition) is 1. The first-order chi connectivity index (χ1) is 8.25. The summed E-state index contributed by atoms with van der Waals surface area (Å²) in [7, 11) is 4.27. The van der Waals surface area contributed by atoms with Crippen LogP contribution in [0.25, 0.3) is 0 Å². The van der Waals surface area contributed by atoms with Gasteiger partial charge in [-0.1, -0.05) is 56.4 Å². The van der Waals surface area contributed by atoms with Gasteiger partial charge in [-0.3, -0.25) is 0 Å². The molecule has 17 heavy (non-hydrogen) atoms. The maximum absolute atomic E-state index is 2.47. The van der Waals surface area contributed by atoms with Crippen LogP contribution in [0.5, 0.6) is 0 Å². The van der Waals surface area contributed by atoms with Crippen LogP contribution in [0.3, 0.4) is 0 Å². The summed E-state index contributed by atoms with van der Waals surface area (Å²) in [6.07, 6.45) is 17.7. The quantitative estimate of drug-likeness (QED) is 0.708. The van der Waals surface area contributed by atoms with E-state index < -0.39 is 0 Å². The highest BCUT2D eigenvalue weighted by atomic mass is 15.0. The summed E-state index contributed by atoms with van der Waals surface area (Å²) in [5, 5.41) is 0. The highest BCUT2D eigenvalue weighted by Crippen LogP contribution is 2.28. The molecule has 2 rings (SSSR count). The summed E-state index contributed by atoms with van der Waals surface area (Å²) in [6.45, 7) is 1.06. The van der Waals surface area contributed by atoms with E-state index in [1.54, 1.807) is 0 Å². The Bertz CT molecular complexity index is 327. The lowest BCUT2D eigenvalue weighted by atomic mass is 9.86.